The monoisotopic (exact) mass is 418 g/mol. The van der Waals surface area contributed by atoms with Crippen LogP contribution in [0.2, 0.25) is 10.0 Å². The lowest BCUT2D eigenvalue weighted by Gasteiger charge is -2.13. The first-order valence-electron chi connectivity index (χ1n) is 8.68. The fourth-order valence-electron chi connectivity index (χ4n) is 2.37. The molecule has 2 aromatic carbocycles. The highest BCUT2D eigenvalue weighted by molar-refractivity contribution is 6.32. The van der Waals surface area contributed by atoms with E-state index in [9.17, 15) is 10.1 Å². The molecule has 1 amide bonds. The molecule has 1 N–H and O–H groups in total. The molecule has 5 nitrogen and oxygen atoms in total. The molecule has 0 aliphatic rings. The van der Waals surface area contributed by atoms with E-state index in [1.165, 1.54) is 6.08 Å². The predicted octanol–water partition coefficient (Wildman–Crippen LogP) is 5.64. The molecular formula is C21H20Cl2N2O3. The second-order valence-corrected chi connectivity index (χ2v) is 6.59. The van der Waals surface area contributed by atoms with Gasteiger partial charge in [0.2, 0.25) is 0 Å². The molecule has 0 aliphatic heterocycles. The number of amides is 1. The highest BCUT2D eigenvalue weighted by Gasteiger charge is 2.14. The van der Waals surface area contributed by atoms with Crippen molar-refractivity contribution in [2.24, 2.45) is 0 Å². The Hall–Kier alpha value is -2.68. The summed E-state index contributed by atoms with van der Waals surface area (Å²) in [5, 5.41) is 13.0. The minimum Gasteiger partial charge on any atom is -0.490 e. The number of aryl methyl sites for hydroxylation is 1. The number of carbonyl (C=O) groups excluding carboxylic acids is 1. The van der Waals surface area contributed by atoms with Gasteiger partial charge in [-0.2, -0.15) is 5.26 Å². The average molecular weight is 419 g/mol. The summed E-state index contributed by atoms with van der Waals surface area (Å²) in [6.07, 6.45) is 1.41. The Bertz CT molecular complexity index is 949. The maximum absolute atomic E-state index is 12.5. The fraction of sp³-hybridized carbons (Fsp3) is 0.238. The second-order valence-electron chi connectivity index (χ2n) is 5.77. The Morgan fingerprint density at radius 1 is 1.11 bits per heavy atom. The number of nitrogens with one attached hydrogen (secondary N) is 1. The van der Waals surface area contributed by atoms with Crippen molar-refractivity contribution in [1.82, 2.24) is 0 Å². The Balaban J connectivity index is 2.34. The molecule has 2 aromatic rings. The van der Waals surface area contributed by atoms with Crippen LogP contribution in [-0.2, 0) is 4.79 Å². The van der Waals surface area contributed by atoms with Crippen molar-refractivity contribution in [1.29, 1.82) is 5.26 Å². The van der Waals surface area contributed by atoms with Crippen LogP contribution < -0.4 is 14.8 Å². The summed E-state index contributed by atoms with van der Waals surface area (Å²) in [6.45, 7) is 6.45. The van der Waals surface area contributed by atoms with E-state index in [1.807, 2.05) is 26.8 Å². The number of rotatable bonds is 7. The van der Waals surface area contributed by atoms with E-state index in [-0.39, 0.29) is 5.57 Å². The van der Waals surface area contributed by atoms with Crippen LogP contribution in [0, 0.1) is 18.3 Å². The number of halogens is 2. The molecule has 0 heterocycles. The van der Waals surface area contributed by atoms with Crippen molar-refractivity contribution in [3.05, 3.63) is 57.1 Å². The third-order valence-corrected chi connectivity index (χ3v) is 4.49. The van der Waals surface area contributed by atoms with Gasteiger partial charge in [-0.25, -0.2) is 0 Å². The van der Waals surface area contributed by atoms with Gasteiger partial charge in [0.15, 0.2) is 11.5 Å². The SMILES string of the molecule is CCOc1cc(Cl)c(/C=C(\C#N)C(=O)Nc2ccc(C)c(Cl)c2)cc1OCC. The minimum atomic E-state index is -0.565. The molecule has 0 unspecified atom stereocenters. The molecule has 0 spiro atoms. The van der Waals surface area contributed by atoms with E-state index >= 15 is 0 Å². The van der Waals surface area contributed by atoms with Gasteiger partial charge in [-0.15, -0.1) is 0 Å². The lowest BCUT2D eigenvalue weighted by atomic mass is 10.1. The number of nitrogens with zero attached hydrogens (tertiary/aromatic N) is 1. The quantitative estimate of drug-likeness (QED) is 0.465. The maximum atomic E-state index is 12.5. The van der Waals surface area contributed by atoms with Gasteiger partial charge in [0.1, 0.15) is 11.6 Å². The van der Waals surface area contributed by atoms with Crippen molar-refractivity contribution in [2.75, 3.05) is 18.5 Å². The zero-order chi connectivity index (χ0) is 20.7. The third-order valence-electron chi connectivity index (χ3n) is 3.76. The van der Waals surface area contributed by atoms with Crippen LogP contribution in [0.1, 0.15) is 25.0 Å². The van der Waals surface area contributed by atoms with Crippen LogP contribution in [0.25, 0.3) is 6.08 Å². The summed E-state index contributed by atoms with van der Waals surface area (Å²) in [5.41, 5.74) is 1.75. The standard InChI is InChI=1S/C21H20Cl2N2O3/c1-4-27-19-9-14(18(23)11-20(19)28-5-2)8-15(12-24)21(26)25-16-7-6-13(3)17(22)10-16/h6-11H,4-5H2,1-3H3,(H,25,26)/b15-8+. The zero-order valence-electron chi connectivity index (χ0n) is 15.8. The molecule has 146 valence electrons. The molecular weight excluding hydrogens is 399 g/mol. The third kappa shape index (κ3) is 5.41. The van der Waals surface area contributed by atoms with Gasteiger partial charge in [0.05, 0.1) is 18.2 Å². The molecule has 0 aromatic heterocycles. The molecule has 2 rings (SSSR count). The number of anilines is 1. The molecule has 0 radical (unpaired) electrons. The van der Waals surface area contributed by atoms with Crippen LogP contribution in [0.4, 0.5) is 5.69 Å². The summed E-state index contributed by atoms with van der Waals surface area (Å²) >= 11 is 12.4. The topological polar surface area (TPSA) is 71.3 Å². The highest BCUT2D eigenvalue weighted by Crippen LogP contribution is 2.35. The Labute approximate surface area is 174 Å². The Morgan fingerprint density at radius 2 is 1.75 bits per heavy atom. The molecule has 0 fully saturated rings. The summed E-state index contributed by atoms with van der Waals surface area (Å²) < 4.78 is 11.1. The Kier molecular flexibility index (Phi) is 7.74. The van der Waals surface area contributed by atoms with E-state index in [0.717, 1.165) is 5.56 Å². The first-order valence-corrected chi connectivity index (χ1v) is 9.43. The summed E-state index contributed by atoms with van der Waals surface area (Å²) in [6, 6.07) is 10.3. The number of ether oxygens (including phenoxy) is 2. The van der Waals surface area contributed by atoms with Crippen molar-refractivity contribution in [3.63, 3.8) is 0 Å². The van der Waals surface area contributed by atoms with Crippen molar-refractivity contribution >= 4 is 40.9 Å². The molecule has 7 heteroatoms. The van der Waals surface area contributed by atoms with E-state index in [4.69, 9.17) is 32.7 Å². The van der Waals surface area contributed by atoms with Gasteiger partial charge >= 0.3 is 0 Å². The van der Waals surface area contributed by atoms with Gasteiger partial charge in [-0.3, -0.25) is 4.79 Å². The van der Waals surface area contributed by atoms with Crippen molar-refractivity contribution < 1.29 is 14.3 Å². The average Bonchev–Trinajstić information content (AvgIpc) is 2.66. The first kappa shape index (κ1) is 21.6. The number of hydrogen-bond acceptors (Lipinski definition) is 4. The van der Waals surface area contributed by atoms with Crippen molar-refractivity contribution in [2.45, 2.75) is 20.8 Å². The van der Waals surface area contributed by atoms with E-state index in [1.54, 1.807) is 30.3 Å². The Morgan fingerprint density at radius 3 is 2.32 bits per heavy atom. The van der Waals surface area contributed by atoms with Crippen LogP contribution in [0.3, 0.4) is 0 Å². The van der Waals surface area contributed by atoms with Crippen LogP contribution in [0.15, 0.2) is 35.9 Å². The highest BCUT2D eigenvalue weighted by atomic mass is 35.5. The molecule has 0 bridgehead atoms. The van der Waals surface area contributed by atoms with Gasteiger partial charge in [0, 0.05) is 16.8 Å². The molecule has 0 saturated heterocycles. The number of hydrogen-bond donors (Lipinski definition) is 1. The number of carbonyl (C=O) groups is 1. The lowest BCUT2D eigenvalue weighted by molar-refractivity contribution is -0.112. The van der Waals surface area contributed by atoms with E-state index in [2.05, 4.69) is 5.32 Å². The molecule has 0 atom stereocenters. The molecule has 0 aliphatic carbocycles. The summed E-state index contributed by atoms with van der Waals surface area (Å²) in [7, 11) is 0. The molecule has 28 heavy (non-hydrogen) atoms. The van der Waals surface area contributed by atoms with E-state index in [0.29, 0.717) is 46.0 Å². The normalized spacial score (nSPS) is 10.9. The largest absolute Gasteiger partial charge is 0.490 e. The van der Waals surface area contributed by atoms with Gasteiger partial charge in [0.25, 0.3) is 5.91 Å². The fourth-order valence-corrected chi connectivity index (χ4v) is 2.76. The maximum Gasteiger partial charge on any atom is 0.266 e. The van der Waals surface area contributed by atoms with Crippen LogP contribution in [0.5, 0.6) is 11.5 Å². The van der Waals surface area contributed by atoms with Gasteiger partial charge < -0.3 is 14.8 Å². The molecule has 0 saturated carbocycles. The van der Waals surface area contributed by atoms with E-state index < -0.39 is 5.91 Å². The summed E-state index contributed by atoms with van der Waals surface area (Å²) in [5.74, 6) is 0.428. The van der Waals surface area contributed by atoms with Crippen molar-refractivity contribution in [3.8, 4) is 17.6 Å². The van der Waals surface area contributed by atoms with Crippen LogP contribution >= 0.6 is 23.2 Å². The van der Waals surface area contributed by atoms with Crippen LogP contribution in [-0.4, -0.2) is 19.1 Å². The predicted molar refractivity (Wildman–Crippen MR) is 112 cm³/mol. The number of nitriles is 1. The first-order chi connectivity index (χ1) is 13.4. The minimum absolute atomic E-state index is 0.106. The number of benzene rings is 2. The zero-order valence-corrected chi connectivity index (χ0v) is 17.3. The smallest absolute Gasteiger partial charge is 0.266 e. The lowest BCUT2D eigenvalue weighted by Crippen LogP contribution is -2.13. The second kappa shape index (κ2) is 10.0. The van der Waals surface area contributed by atoms with Gasteiger partial charge in [-0.05, 0) is 56.2 Å². The van der Waals surface area contributed by atoms with Gasteiger partial charge in [-0.1, -0.05) is 29.3 Å². The summed E-state index contributed by atoms with van der Waals surface area (Å²) in [4.78, 5) is 12.5.